The Hall–Kier alpha value is -3.43. The summed E-state index contributed by atoms with van der Waals surface area (Å²) in [5.74, 6) is 0.400. The molecule has 3 aromatic rings. The Morgan fingerprint density at radius 2 is 1.97 bits per heavy atom. The number of aldehydes is 1. The monoisotopic (exact) mass is 417 g/mol. The molecule has 7 nitrogen and oxygen atoms in total. The van der Waals surface area contributed by atoms with E-state index >= 15 is 0 Å². The molecule has 0 bridgehead atoms. The number of alkyl halides is 3. The van der Waals surface area contributed by atoms with Gasteiger partial charge < -0.3 is 14.2 Å². The number of nitrogens with zero attached hydrogens (tertiary/aromatic N) is 5. The Bertz CT molecular complexity index is 1090. The van der Waals surface area contributed by atoms with Crippen molar-refractivity contribution in [2.45, 2.75) is 18.7 Å². The molecule has 3 heterocycles. The Balaban J connectivity index is 1.70. The molecule has 4 rings (SSSR count). The van der Waals surface area contributed by atoms with Crippen LogP contribution in [0.3, 0.4) is 0 Å². The number of benzene rings is 1. The van der Waals surface area contributed by atoms with Crippen molar-refractivity contribution in [2.24, 2.45) is 7.05 Å². The van der Waals surface area contributed by atoms with Crippen LogP contribution in [0.5, 0.6) is 5.75 Å². The zero-order chi connectivity index (χ0) is 21.3. The summed E-state index contributed by atoms with van der Waals surface area (Å²) in [6.45, 7) is 1.45. The third-order valence-electron chi connectivity index (χ3n) is 4.90. The second-order valence-electron chi connectivity index (χ2n) is 6.99. The smallest absolute Gasteiger partial charge is 0.406 e. The fourth-order valence-corrected chi connectivity index (χ4v) is 3.51. The van der Waals surface area contributed by atoms with Crippen molar-refractivity contribution in [2.75, 3.05) is 13.1 Å². The van der Waals surface area contributed by atoms with Gasteiger partial charge in [-0.1, -0.05) is 0 Å². The topological polar surface area (TPSA) is 73.1 Å². The highest BCUT2D eigenvalue weighted by atomic mass is 19.4. The van der Waals surface area contributed by atoms with Crippen LogP contribution in [0.2, 0.25) is 0 Å². The van der Waals surface area contributed by atoms with Gasteiger partial charge in [0.1, 0.15) is 29.1 Å². The number of aromatic nitrogens is 4. The van der Waals surface area contributed by atoms with E-state index in [0.29, 0.717) is 34.8 Å². The molecule has 1 atom stereocenters. The van der Waals surface area contributed by atoms with Crippen molar-refractivity contribution in [3.63, 3.8) is 0 Å². The molecule has 0 N–H and O–H groups in total. The summed E-state index contributed by atoms with van der Waals surface area (Å²) < 4.78 is 43.0. The van der Waals surface area contributed by atoms with Gasteiger partial charge in [0.05, 0.1) is 6.33 Å². The van der Waals surface area contributed by atoms with Crippen LogP contribution in [0, 0.1) is 0 Å². The van der Waals surface area contributed by atoms with Crippen molar-refractivity contribution in [3.8, 4) is 17.0 Å². The summed E-state index contributed by atoms with van der Waals surface area (Å²) in [6, 6.07) is 5.55. The van der Waals surface area contributed by atoms with Crippen molar-refractivity contribution in [1.82, 2.24) is 24.4 Å². The second kappa shape index (κ2) is 7.77. The van der Waals surface area contributed by atoms with Crippen LogP contribution < -0.4 is 4.74 Å². The third-order valence-corrected chi connectivity index (χ3v) is 4.90. The average molecular weight is 417 g/mol. The predicted octanol–water partition coefficient (Wildman–Crippen LogP) is 3.43. The van der Waals surface area contributed by atoms with Gasteiger partial charge in [0, 0.05) is 37.8 Å². The normalized spacial score (nSPS) is 17.2. The maximum Gasteiger partial charge on any atom is 0.573 e. The number of carbonyl (C=O) groups is 1. The maximum absolute atomic E-state index is 12.4. The van der Waals surface area contributed by atoms with Crippen molar-refractivity contribution in [1.29, 1.82) is 0 Å². The molecule has 0 saturated carbocycles. The molecular formula is C20H18F3N5O2. The molecule has 1 saturated heterocycles. The van der Waals surface area contributed by atoms with Crippen LogP contribution in [0.1, 0.15) is 18.2 Å². The van der Waals surface area contributed by atoms with E-state index in [2.05, 4.69) is 14.7 Å². The van der Waals surface area contributed by atoms with E-state index in [9.17, 15) is 18.0 Å². The van der Waals surface area contributed by atoms with E-state index in [-0.39, 0.29) is 11.7 Å². The minimum atomic E-state index is -4.75. The van der Waals surface area contributed by atoms with Gasteiger partial charge in [-0.2, -0.15) is 0 Å². The first kappa shape index (κ1) is 19.9. The molecule has 1 aliphatic rings. The van der Waals surface area contributed by atoms with Gasteiger partial charge in [-0.15, -0.1) is 13.2 Å². The summed E-state index contributed by atoms with van der Waals surface area (Å²) in [4.78, 5) is 26.3. The Morgan fingerprint density at radius 3 is 2.67 bits per heavy atom. The van der Waals surface area contributed by atoms with Gasteiger partial charge >= 0.3 is 6.36 Å². The molecule has 1 aliphatic heterocycles. The van der Waals surface area contributed by atoms with E-state index < -0.39 is 6.36 Å². The molecule has 156 valence electrons. The first-order valence-corrected chi connectivity index (χ1v) is 9.25. The number of fused-ring (bicyclic) bond motifs is 1. The van der Waals surface area contributed by atoms with Crippen molar-refractivity contribution in [3.05, 3.63) is 48.7 Å². The standard InChI is InChI=1S/C20H18F3N5O2/c1-27-12-24-17-16(13-3-5-15(6-4-13)30-20(21,22)23)25-18(26-19(17)27)14-7-9-28(11-14)8-2-10-29/h2-6,8,10,12,14H,7,9,11H2,1H3/t14-/m1/s1. The number of hydrogen-bond acceptors (Lipinski definition) is 6. The van der Waals surface area contributed by atoms with Gasteiger partial charge in [0.2, 0.25) is 0 Å². The van der Waals surface area contributed by atoms with Crippen molar-refractivity contribution >= 4 is 17.5 Å². The fourth-order valence-electron chi connectivity index (χ4n) is 3.51. The van der Waals surface area contributed by atoms with Gasteiger partial charge in [-0.25, -0.2) is 15.0 Å². The third kappa shape index (κ3) is 4.12. The molecule has 0 unspecified atom stereocenters. The lowest BCUT2D eigenvalue weighted by Crippen LogP contribution is -2.17. The number of carbonyl (C=O) groups excluding carboxylic acids is 1. The molecule has 1 aromatic carbocycles. The second-order valence-corrected chi connectivity index (χ2v) is 6.99. The molecule has 1 fully saturated rings. The molecule has 2 aromatic heterocycles. The molecule has 0 radical (unpaired) electrons. The molecule has 30 heavy (non-hydrogen) atoms. The largest absolute Gasteiger partial charge is 0.573 e. The van der Waals surface area contributed by atoms with Crippen LogP contribution in [-0.4, -0.2) is 50.2 Å². The minimum Gasteiger partial charge on any atom is -0.406 e. The molecule has 0 spiro atoms. The highest BCUT2D eigenvalue weighted by Gasteiger charge is 2.31. The van der Waals surface area contributed by atoms with E-state index in [1.165, 1.54) is 30.3 Å². The molecular weight excluding hydrogens is 399 g/mol. The minimum absolute atomic E-state index is 0.0622. The summed E-state index contributed by atoms with van der Waals surface area (Å²) in [6.07, 6.45) is 1.63. The van der Waals surface area contributed by atoms with E-state index in [1.54, 1.807) is 17.1 Å². The van der Waals surface area contributed by atoms with Crippen molar-refractivity contribution < 1.29 is 22.7 Å². The number of ether oxygens (including phenoxy) is 1. The number of allylic oxidation sites excluding steroid dienone is 1. The van der Waals surface area contributed by atoms with E-state index in [4.69, 9.17) is 4.98 Å². The van der Waals surface area contributed by atoms with E-state index in [0.717, 1.165) is 19.3 Å². The molecule has 0 aliphatic carbocycles. The first-order chi connectivity index (χ1) is 14.3. The highest BCUT2D eigenvalue weighted by Crippen LogP contribution is 2.32. The number of imidazole rings is 1. The van der Waals surface area contributed by atoms with E-state index in [1.807, 2.05) is 11.9 Å². The summed E-state index contributed by atoms with van der Waals surface area (Å²) in [5.41, 5.74) is 2.39. The van der Waals surface area contributed by atoms with Crippen LogP contribution in [0.25, 0.3) is 22.4 Å². The molecule has 0 amide bonds. The number of aryl methyl sites for hydroxylation is 1. The highest BCUT2D eigenvalue weighted by molar-refractivity contribution is 5.87. The summed E-state index contributed by atoms with van der Waals surface area (Å²) in [5, 5.41) is 0. The average Bonchev–Trinajstić information content (AvgIpc) is 3.32. The fraction of sp³-hybridized carbons (Fsp3) is 0.300. The number of rotatable bonds is 5. The lowest BCUT2D eigenvalue weighted by atomic mass is 10.1. The van der Waals surface area contributed by atoms with Gasteiger partial charge in [0.25, 0.3) is 0 Å². The SMILES string of the molecule is Cn1cnc2c(-c3ccc(OC(F)(F)F)cc3)nc([C@@H]3CCN(C=CC=O)C3)nc21. The number of likely N-dealkylation sites (tertiary alicyclic amines) is 1. The van der Waals surface area contributed by atoms with Gasteiger partial charge in [-0.05, 0) is 36.8 Å². The summed E-state index contributed by atoms with van der Waals surface area (Å²) in [7, 11) is 1.82. The number of hydrogen-bond donors (Lipinski definition) is 0. The maximum atomic E-state index is 12.4. The zero-order valence-corrected chi connectivity index (χ0v) is 16.0. The van der Waals surface area contributed by atoms with Gasteiger partial charge in [0.15, 0.2) is 5.65 Å². The Labute approximate surface area is 169 Å². The quantitative estimate of drug-likeness (QED) is 0.468. The van der Waals surface area contributed by atoms with Crippen LogP contribution >= 0.6 is 0 Å². The van der Waals surface area contributed by atoms with Crippen LogP contribution in [0.4, 0.5) is 13.2 Å². The number of halogens is 3. The first-order valence-electron chi connectivity index (χ1n) is 9.25. The summed E-state index contributed by atoms with van der Waals surface area (Å²) >= 11 is 0. The lowest BCUT2D eigenvalue weighted by molar-refractivity contribution is -0.274. The Morgan fingerprint density at radius 1 is 1.20 bits per heavy atom. The molecule has 10 heteroatoms. The zero-order valence-electron chi connectivity index (χ0n) is 16.0. The predicted molar refractivity (Wildman–Crippen MR) is 103 cm³/mol. The lowest BCUT2D eigenvalue weighted by Gasteiger charge is -2.14. The van der Waals surface area contributed by atoms with Gasteiger partial charge in [-0.3, -0.25) is 4.79 Å². The van der Waals surface area contributed by atoms with Crippen LogP contribution in [0.15, 0.2) is 42.9 Å². The Kier molecular flexibility index (Phi) is 5.15. The van der Waals surface area contributed by atoms with Crippen LogP contribution in [-0.2, 0) is 11.8 Å².